The van der Waals surface area contributed by atoms with Gasteiger partial charge in [0.05, 0.1) is 22.4 Å². The van der Waals surface area contributed by atoms with E-state index in [4.69, 9.17) is 16.3 Å². The summed E-state index contributed by atoms with van der Waals surface area (Å²) in [6, 6.07) is 10.2. The maximum Gasteiger partial charge on any atom is 0.274 e. The van der Waals surface area contributed by atoms with Crippen LogP contribution in [0.5, 0.6) is 11.5 Å². The fraction of sp³-hybridized carbons (Fsp3) is 0.0952. The molecule has 152 valence electrons. The normalized spacial score (nSPS) is 11.8. The molecule has 1 amide bonds. The van der Waals surface area contributed by atoms with E-state index < -0.39 is 0 Å². The van der Waals surface area contributed by atoms with Gasteiger partial charge in [-0.15, -0.1) is 0 Å². The topological polar surface area (TPSA) is 92.9 Å². The van der Waals surface area contributed by atoms with Gasteiger partial charge in [-0.1, -0.05) is 35.1 Å². The highest BCUT2D eigenvalue weighted by Crippen LogP contribution is 2.35. The zero-order valence-electron chi connectivity index (χ0n) is 16.0. The van der Waals surface area contributed by atoms with Crippen molar-refractivity contribution < 1.29 is 14.6 Å². The van der Waals surface area contributed by atoms with E-state index >= 15 is 0 Å². The number of carbonyl (C=O) groups is 1. The number of methoxy groups -OCH3 is 1. The first-order chi connectivity index (χ1) is 14.4. The Labute approximate surface area is 179 Å². The second-order valence-electron chi connectivity index (χ2n) is 6.40. The molecular formula is C21H16ClN3O4S. The molecule has 2 aromatic heterocycles. The highest BCUT2D eigenvalue weighted by atomic mass is 35.5. The van der Waals surface area contributed by atoms with Crippen LogP contribution < -0.4 is 20.1 Å². The molecule has 2 heterocycles. The molecule has 2 N–H and O–H groups in total. The molecule has 0 fully saturated rings. The van der Waals surface area contributed by atoms with Crippen LogP contribution in [0.4, 0.5) is 0 Å². The number of nitrogens with one attached hydrogen (secondary N) is 1. The van der Waals surface area contributed by atoms with Crippen LogP contribution >= 0.6 is 22.9 Å². The van der Waals surface area contributed by atoms with E-state index in [1.54, 1.807) is 55.7 Å². The Morgan fingerprint density at radius 1 is 1.30 bits per heavy atom. The number of imidazole rings is 1. The van der Waals surface area contributed by atoms with Gasteiger partial charge in [0.1, 0.15) is 0 Å². The van der Waals surface area contributed by atoms with Gasteiger partial charge in [0.15, 0.2) is 16.5 Å². The van der Waals surface area contributed by atoms with Crippen LogP contribution in [0.1, 0.15) is 15.9 Å². The third kappa shape index (κ3) is 3.51. The third-order valence-corrected chi connectivity index (χ3v) is 5.81. The molecule has 7 nitrogen and oxygen atoms in total. The minimum atomic E-state index is -0.209. The van der Waals surface area contributed by atoms with Crippen molar-refractivity contribution in [2.45, 2.75) is 0 Å². The largest absolute Gasteiger partial charge is 0.503 e. The SMILES string of the molecule is CNC(=O)c1ccc(-c2cn3c(=O)/c(=C/c4cc(Cl)c(O)c(OC)c4)sc3n2)cc1. The molecule has 30 heavy (non-hydrogen) atoms. The number of amides is 1. The lowest BCUT2D eigenvalue weighted by molar-refractivity contribution is 0.0963. The quantitative estimate of drug-likeness (QED) is 0.508. The van der Waals surface area contributed by atoms with Crippen molar-refractivity contribution in [3.05, 3.63) is 73.6 Å². The molecule has 2 aromatic carbocycles. The lowest BCUT2D eigenvalue weighted by atomic mass is 10.1. The number of carbonyl (C=O) groups excluding carboxylic acids is 1. The molecule has 0 saturated carbocycles. The van der Waals surface area contributed by atoms with Crippen LogP contribution in [0.2, 0.25) is 5.02 Å². The number of halogens is 1. The second-order valence-corrected chi connectivity index (χ2v) is 7.82. The van der Waals surface area contributed by atoms with Gasteiger partial charge >= 0.3 is 0 Å². The summed E-state index contributed by atoms with van der Waals surface area (Å²) in [7, 11) is 3.00. The highest BCUT2D eigenvalue weighted by molar-refractivity contribution is 7.15. The van der Waals surface area contributed by atoms with Crippen LogP contribution in [0.15, 0.2) is 47.4 Å². The van der Waals surface area contributed by atoms with E-state index in [1.807, 2.05) is 0 Å². The van der Waals surface area contributed by atoms with Gasteiger partial charge in [0, 0.05) is 24.4 Å². The van der Waals surface area contributed by atoms with Crippen LogP contribution in [0.25, 0.3) is 22.3 Å². The second kappa shape index (κ2) is 7.81. The molecule has 4 rings (SSSR count). The van der Waals surface area contributed by atoms with Gasteiger partial charge in [-0.25, -0.2) is 4.98 Å². The summed E-state index contributed by atoms with van der Waals surface area (Å²) in [6.07, 6.45) is 3.35. The summed E-state index contributed by atoms with van der Waals surface area (Å²) in [5.41, 5.74) is 2.41. The number of hydrogen-bond acceptors (Lipinski definition) is 6. The van der Waals surface area contributed by atoms with Gasteiger partial charge < -0.3 is 15.2 Å². The molecule has 0 unspecified atom stereocenters. The van der Waals surface area contributed by atoms with Crippen molar-refractivity contribution in [2.75, 3.05) is 14.2 Å². The number of nitrogens with zero attached hydrogens (tertiary/aromatic N) is 2. The number of rotatable bonds is 4. The standard InChI is InChI=1S/C21H16ClN3O4S/c1-23-19(27)13-5-3-12(4-6-13)15-10-25-20(28)17(30-21(25)24-15)9-11-7-14(22)18(26)16(8-11)29-2/h3-10,26H,1-2H3,(H,23,27)/b17-9-. The number of fused-ring (bicyclic) bond motifs is 1. The summed E-state index contributed by atoms with van der Waals surface area (Å²) in [6.45, 7) is 0. The van der Waals surface area contributed by atoms with Gasteiger partial charge in [-0.05, 0) is 35.9 Å². The number of hydrogen-bond donors (Lipinski definition) is 2. The summed E-state index contributed by atoms with van der Waals surface area (Å²) in [5.74, 6) is -0.0860. The molecule has 0 bridgehead atoms. The van der Waals surface area contributed by atoms with Crippen molar-refractivity contribution in [3.63, 3.8) is 0 Å². The number of aromatic hydroxyl groups is 1. The van der Waals surface area contributed by atoms with Crippen molar-refractivity contribution in [1.29, 1.82) is 0 Å². The number of aromatic nitrogens is 2. The Kier molecular flexibility index (Phi) is 5.19. The maximum absolute atomic E-state index is 12.8. The predicted octanol–water partition coefficient (Wildman–Crippen LogP) is 2.70. The van der Waals surface area contributed by atoms with Crippen LogP contribution in [0.3, 0.4) is 0 Å². The van der Waals surface area contributed by atoms with E-state index in [9.17, 15) is 14.7 Å². The van der Waals surface area contributed by atoms with Crippen LogP contribution in [-0.2, 0) is 0 Å². The predicted molar refractivity (Wildman–Crippen MR) is 117 cm³/mol. The van der Waals surface area contributed by atoms with Gasteiger partial charge in [-0.2, -0.15) is 0 Å². The van der Waals surface area contributed by atoms with E-state index in [0.717, 1.165) is 5.56 Å². The van der Waals surface area contributed by atoms with Crippen molar-refractivity contribution in [1.82, 2.24) is 14.7 Å². The fourth-order valence-electron chi connectivity index (χ4n) is 2.99. The molecule has 0 atom stereocenters. The molecular weight excluding hydrogens is 426 g/mol. The van der Waals surface area contributed by atoms with E-state index in [0.29, 0.717) is 26.3 Å². The first-order valence-corrected chi connectivity index (χ1v) is 10.0. The number of phenols is 1. The summed E-state index contributed by atoms with van der Waals surface area (Å²) in [4.78, 5) is 29.6. The number of ether oxygens (including phenoxy) is 1. The minimum absolute atomic E-state index is 0.136. The number of thiazole rings is 1. The van der Waals surface area contributed by atoms with Crippen LogP contribution in [-0.4, -0.2) is 34.6 Å². The van der Waals surface area contributed by atoms with E-state index in [1.165, 1.54) is 22.8 Å². The van der Waals surface area contributed by atoms with Gasteiger partial charge in [0.2, 0.25) is 0 Å². The molecule has 9 heteroatoms. The molecule has 0 saturated heterocycles. The van der Waals surface area contributed by atoms with E-state index in [2.05, 4.69) is 10.3 Å². The lowest BCUT2D eigenvalue weighted by Gasteiger charge is -2.05. The maximum atomic E-state index is 12.8. The molecule has 0 aliphatic carbocycles. The first-order valence-electron chi connectivity index (χ1n) is 8.84. The zero-order valence-corrected chi connectivity index (χ0v) is 17.5. The van der Waals surface area contributed by atoms with Crippen molar-refractivity contribution in [2.24, 2.45) is 0 Å². The van der Waals surface area contributed by atoms with Crippen molar-refractivity contribution in [3.8, 4) is 22.8 Å². The average molecular weight is 442 g/mol. The summed E-state index contributed by atoms with van der Waals surface area (Å²) >= 11 is 7.27. The molecule has 0 aliphatic heterocycles. The summed E-state index contributed by atoms with van der Waals surface area (Å²) in [5, 5.41) is 12.6. The third-order valence-electron chi connectivity index (χ3n) is 4.54. The van der Waals surface area contributed by atoms with Gasteiger partial charge in [0.25, 0.3) is 11.5 Å². The van der Waals surface area contributed by atoms with Crippen molar-refractivity contribution >= 4 is 39.9 Å². The highest BCUT2D eigenvalue weighted by Gasteiger charge is 2.12. The van der Waals surface area contributed by atoms with Crippen LogP contribution in [0, 0.1) is 0 Å². The Morgan fingerprint density at radius 2 is 2.03 bits per heavy atom. The molecule has 4 aromatic rings. The number of phenolic OH excluding ortho intramolecular Hbond substituents is 1. The monoisotopic (exact) mass is 441 g/mol. The van der Waals surface area contributed by atoms with E-state index in [-0.39, 0.29) is 28.0 Å². The number of benzene rings is 2. The Bertz CT molecular complexity index is 1380. The Morgan fingerprint density at radius 3 is 2.67 bits per heavy atom. The smallest absolute Gasteiger partial charge is 0.274 e. The zero-order chi connectivity index (χ0) is 21.4. The molecule has 0 spiro atoms. The lowest BCUT2D eigenvalue weighted by Crippen LogP contribution is -2.22. The first kappa shape index (κ1) is 19.9. The average Bonchev–Trinajstić information content (AvgIpc) is 3.29. The van der Waals surface area contributed by atoms with Gasteiger partial charge in [-0.3, -0.25) is 14.0 Å². The minimum Gasteiger partial charge on any atom is -0.503 e. The Hall–Kier alpha value is -3.36. The summed E-state index contributed by atoms with van der Waals surface area (Å²) < 4.78 is 7.06. The molecule has 0 radical (unpaired) electrons. The molecule has 0 aliphatic rings. The fourth-order valence-corrected chi connectivity index (χ4v) is 4.17. The Balaban J connectivity index is 1.73.